The van der Waals surface area contributed by atoms with Crippen LogP contribution in [-0.2, 0) is 24.3 Å². The van der Waals surface area contributed by atoms with E-state index in [0.717, 1.165) is 45.8 Å². The van der Waals surface area contributed by atoms with Gasteiger partial charge in [0.1, 0.15) is 11.9 Å². The zero-order chi connectivity index (χ0) is 22.5. The summed E-state index contributed by atoms with van der Waals surface area (Å²) in [6.07, 6.45) is 1.06. The van der Waals surface area contributed by atoms with Gasteiger partial charge in [0.15, 0.2) is 4.34 Å². The van der Waals surface area contributed by atoms with E-state index in [1.807, 2.05) is 0 Å². The summed E-state index contributed by atoms with van der Waals surface area (Å²) >= 11 is 7.89. The molecule has 0 fully saturated rings. The Morgan fingerprint density at radius 2 is 2.10 bits per heavy atom. The molecule has 0 spiro atoms. The number of carbonyl (C=O) groups is 2. The van der Waals surface area contributed by atoms with Crippen LogP contribution in [0.5, 0.6) is 0 Å². The molecule has 1 aromatic heterocycles. The summed E-state index contributed by atoms with van der Waals surface area (Å²) in [5, 5.41) is 10.1. The molecule has 2 aromatic rings. The second kappa shape index (κ2) is 10.4. The molecule has 0 saturated heterocycles. The van der Waals surface area contributed by atoms with Crippen molar-refractivity contribution in [3.63, 3.8) is 0 Å². The number of methoxy groups -OCH3 is 1. The predicted octanol–water partition coefficient (Wildman–Crippen LogP) is 2.78. The molecule has 1 N–H and O–H groups in total. The predicted molar refractivity (Wildman–Crippen MR) is 114 cm³/mol. The Kier molecular flexibility index (Phi) is 8.41. The molecule has 1 unspecified atom stereocenters. The number of nitrogens with zero attached hydrogens (tertiary/aromatic N) is 3. The standard InChI is InChI=1S/C16H18ClFN4O5S3/c1-4-12(22(30(3,25)26)9-5-6-11(18)10(17)7-9)14(24)19-15-20-21-16(29-15)28-8-13(23)27-2/h5-7,12H,4,8H2,1-3H3,(H,19,20,24). The van der Waals surface area contributed by atoms with Crippen LogP contribution in [0.3, 0.4) is 0 Å². The minimum Gasteiger partial charge on any atom is -0.468 e. The zero-order valence-corrected chi connectivity index (χ0v) is 19.3. The van der Waals surface area contributed by atoms with Gasteiger partial charge in [-0.05, 0) is 24.6 Å². The molecule has 164 valence electrons. The van der Waals surface area contributed by atoms with Gasteiger partial charge < -0.3 is 4.74 Å². The van der Waals surface area contributed by atoms with E-state index in [2.05, 4.69) is 20.3 Å². The Morgan fingerprint density at radius 3 is 2.67 bits per heavy atom. The molecule has 1 amide bonds. The number of amides is 1. The number of thioether (sulfide) groups is 1. The van der Waals surface area contributed by atoms with Crippen molar-refractivity contribution < 1.29 is 27.1 Å². The molecule has 9 nitrogen and oxygen atoms in total. The van der Waals surface area contributed by atoms with Crippen LogP contribution < -0.4 is 9.62 Å². The minimum absolute atomic E-state index is 0.0316. The first-order valence-corrected chi connectivity index (χ1v) is 12.4. The van der Waals surface area contributed by atoms with Gasteiger partial charge in [0.25, 0.3) is 0 Å². The fourth-order valence-corrected chi connectivity index (χ4v) is 5.34. The van der Waals surface area contributed by atoms with Crippen LogP contribution in [0.25, 0.3) is 0 Å². The number of hydrogen-bond acceptors (Lipinski definition) is 9. The molecule has 0 aliphatic heterocycles. The molecular weight excluding hydrogens is 479 g/mol. The Balaban J connectivity index is 2.23. The smallest absolute Gasteiger partial charge is 0.316 e. The van der Waals surface area contributed by atoms with Crippen LogP contribution in [0.2, 0.25) is 5.02 Å². The number of benzene rings is 1. The number of ether oxygens (including phenoxy) is 1. The number of hydrogen-bond donors (Lipinski definition) is 1. The lowest BCUT2D eigenvalue weighted by Gasteiger charge is -2.29. The number of sulfonamides is 1. The minimum atomic E-state index is -3.91. The number of aromatic nitrogens is 2. The third-order valence-corrected chi connectivity index (χ3v) is 7.08. The lowest BCUT2D eigenvalue weighted by Crippen LogP contribution is -2.47. The van der Waals surface area contributed by atoms with Crippen molar-refractivity contribution in [3.05, 3.63) is 29.0 Å². The van der Waals surface area contributed by atoms with Gasteiger partial charge in [-0.1, -0.05) is 41.6 Å². The van der Waals surface area contributed by atoms with Crippen molar-refractivity contribution in [2.45, 2.75) is 23.7 Å². The summed E-state index contributed by atoms with van der Waals surface area (Å²) in [5.74, 6) is -1.76. The summed E-state index contributed by atoms with van der Waals surface area (Å²) < 4.78 is 44.1. The highest BCUT2D eigenvalue weighted by Crippen LogP contribution is 2.29. The first-order valence-electron chi connectivity index (χ1n) is 8.35. The lowest BCUT2D eigenvalue weighted by molar-refractivity contribution is -0.137. The summed E-state index contributed by atoms with van der Waals surface area (Å²) in [7, 11) is -2.64. The van der Waals surface area contributed by atoms with Gasteiger partial charge in [0.05, 0.1) is 29.8 Å². The molecule has 0 aliphatic rings. The summed E-state index contributed by atoms with van der Waals surface area (Å²) in [6.45, 7) is 1.63. The molecular formula is C16H18ClFN4O5S3. The number of anilines is 2. The van der Waals surface area contributed by atoms with Gasteiger partial charge in [-0.2, -0.15) is 0 Å². The lowest BCUT2D eigenvalue weighted by atomic mass is 10.2. The number of esters is 1. The molecule has 0 aliphatic carbocycles. The number of halogens is 2. The zero-order valence-electron chi connectivity index (χ0n) is 16.1. The first-order chi connectivity index (χ1) is 14.1. The Bertz CT molecular complexity index is 1030. The first kappa shape index (κ1) is 24.3. The Hall–Kier alpha value is -1.96. The third kappa shape index (κ3) is 6.27. The Labute approximate surface area is 186 Å². The van der Waals surface area contributed by atoms with E-state index in [9.17, 15) is 22.4 Å². The number of rotatable bonds is 9. The van der Waals surface area contributed by atoms with E-state index in [1.54, 1.807) is 6.92 Å². The Morgan fingerprint density at radius 1 is 1.40 bits per heavy atom. The summed E-state index contributed by atoms with van der Waals surface area (Å²) in [6, 6.07) is 2.25. The van der Waals surface area contributed by atoms with Gasteiger partial charge in [-0.3, -0.25) is 19.2 Å². The highest BCUT2D eigenvalue weighted by atomic mass is 35.5. The van der Waals surface area contributed by atoms with Gasteiger partial charge in [0.2, 0.25) is 21.1 Å². The second-order valence-electron chi connectivity index (χ2n) is 5.81. The highest BCUT2D eigenvalue weighted by Gasteiger charge is 2.32. The quantitative estimate of drug-likeness (QED) is 0.320. The highest BCUT2D eigenvalue weighted by molar-refractivity contribution is 8.01. The van der Waals surface area contributed by atoms with E-state index >= 15 is 0 Å². The maximum absolute atomic E-state index is 13.5. The number of nitrogens with one attached hydrogen (secondary N) is 1. The third-order valence-electron chi connectivity index (χ3n) is 3.67. The van der Waals surface area contributed by atoms with Crippen molar-refractivity contribution in [1.82, 2.24) is 10.2 Å². The molecule has 2 rings (SSSR count). The van der Waals surface area contributed by atoms with Crippen LogP contribution in [0, 0.1) is 5.82 Å². The molecule has 1 aromatic carbocycles. The molecule has 1 atom stereocenters. The fourth-order valence-electron chi connectivity index (χ4n) is 2.37. The van der Waals surface area contributed by atoms with E-state index in [1.165, 1.54) is 13.2 Å². The fraction of sp³-hybridized carbons (Fsp3) is 0.375. The number of carbonyl (C=O) groups excluding carboxylic acids is 2. The van der Waals surface area contributed by atoms with Crippen molar-refractivity contribution in [2.75, 3.05) is 28.7 Å². The molecule has 14 heteroatoms. The van der Waals surface area contributed by atoms with Crippen molar-refractivity contribution in [3.8, 4) is 0 Å². The maximum Gasteiger partial charge on any atom is 0.316 e. The van der Waals surface area contributed by atoms with E-state index < -0.39 is 33.8 Å². The monoisotopic (exact) mass is 496 g/mol. The van der Waals surface area contributed by atoms with Crippen LogP contribution >= 0.6 is 34.7 Å². The van der Waals surface area contributed by atoms with E-state index in [4.69, 9.17) is 11.6 Å². The normalized spacial score (nSPS) is 12.3. The van der Waals surface area contributed by atoms with Crippen LogP contribution in [0.4, 0.5) is 15.2 Å². The van der Waals surface area contributed by atoms with E-state index in [0.29, 0.717) is 4.34 Å². The SMILES string of the molecule is CCC(C(=O)Nc1nnc(SCC(=O)OC)s1)N(c1ccc(F)c(Cl)c1)S(C)(=O)=O. The summed E-state index contributed by atoms with van der Waals surface area (Å²) in [5.41, 5.74) is 0.0532. The topological polar surface area (TPSA) is 119 Å². The molecule has 0 bridgehead atoms. The van der Waals surface area contributed by atoms with Crippen LogP contribution in [0.1, 0.15) is 13.3 Å². The largest absolute Gasteiger partial charge is 0.468 e. The van der Waals surface area contributed by atoms with Crippen molar-refractivity contribution >= 4 is 67.4 Å². The van der Waals surface area contributed by atoms with E-state index in [-0.39, 0.29) is 28.0 Å². The molecule has 1 heterocycles. The maximum atomic E-state index is 13.5. The van der Waals surface area contributed by atoms with Gasteiger partial charge >= 0.3 is 5.97 Å². The van der Waals surface area contributed by atoms with Crippen LogP contribution in [0.15, 0.2) is 22.5 Å². The summed E-state index contributed by atoms with van der Waals surface area (Å²) in [4.78, 5) is 24.0. The molecule has 30 heavy (non-hydrogen) atoms. The van der Waals surface area contributed by atoms with Crippen molar-refractivity contribution in [2.24, 2.45) is 0 Å². The van der Waals surface area contributed by atoms with Gasteiger partial charge in [-0.15, -0.1) is 10.2 Å². The molecule has 0 radical (unpaired) electrons. The van der Waals surface area contributed by atoms with Crippen molar-refractivity contribution in [1.29, 1.82) is 0 Å². The van der Waals surface area contributed by atoms with Crippen LogP contribution in [-0.4, -0.2) is 55.7 Å². The average molecular weight is 497 g/mol. The van der Waals surface area contributed by atoms with Gasteiger partial charge in [-0.25, -0.2) is 12.8 Å². The van der Waals surface area contributed by atoms with Gasteiger partial charge in [0, 0.05) is 0 Å². The molecule has 0 saturated carbocycles. The second-order valence-corrected chi connectivity index (χ2v) is 10.3. The average Bonchev–Trinajstić information content (AvgIpc) is 3.12.